The Morgan fingerprint density at radius 1 is 1.30 bits per heavy atom. The second kappa shape index (κ2) is 5.01. The van der Waals surface area contributed by atoms with E-state index in [1.54, 1.807) is 6.92 Å². The van der Waals surface area contributed by atoms with Crippen LogP contribution >= 0.6 is 0 Å². The van der Waals surface area contributed by atoms with Gasteiger partial charge in [-0.05, 0) is 23.6 Å². The molecule has 2 heterocycles. The van der Waals surface area contributed by atoms with Crippen molar-refractivity contribution in [3.05, 3.63) is 46.8 Å². The number of sulfonamides is 1. The van der Waals surface area contributed by atoms with Crippen LogP contribution in [0, 0.1) is 6.92 Å². The molecule has 2 aromatic rings. The number of hydrogen-bond donors (Lipinski definition) is 3. The summed E-state index contributed by atoms with van der Waals surface area (Å²) in [6.07, 6.45) is 1.32. The third kappa shape index (κ3) is 2.47. The molecular formula is C13H16N4O2S. The first-order chi connectivity index (χ1) is 9.56. The third-order valence-corrected chi connectivity index (χ3v) is 4.96. The molecule has 0 saturated heterocycles. The molecule has 7 heteroatoms. The minimum Gasteiger partial charge on any atom is -0.309 e. The highest BCUT2D eigenvalue weighted by Gasteiger charge is 2.18. The van der Waals surface area contributed by atoms with Crippen LogP contribution in [0.1, 0.15) is 22.4 Å². The van der Waals surface area contributed by atoms with Gasteiger partial charge in [0.1, 0.15) is 4.90 Å². The van der Waals surface area contributed by atoms with Crippen molar-refractivity contribution >= 4 is 10.0 Å². The summed E-state index contributed by atoms with van der Waals surface area (Å²) in [5.74, 6) is 0. The Kier molecular flexibility index (Phi) is 3.33. The fourth-order valence-corrected chi connectivity index (χ4v) is 3.48. The van der Waals surface area contributed by atoms with E-state index >= 15 is 0 Å². The first kappa shape index (κ1) is 13.3. The summed E-state index contributed by atoms with van der Waals surface area (Å²) in [5.41, 5.74) is 4.01. The second-order valence-electron chi connectivity index (χ2n) is 4.89. The molecule has 3 N–H and O–H groups in total. The number of hydrogen-bond acceptors (Lipinski definition) is 4. The molecule has 1 aromatic heterocycles. The van der Waals surface area contributed by atoms with E-state index in [2.05, 4.69) is 20.2 Å². The molecule has 3 rings (SSSR count). The van der Waals surface area contributed by atoms with Crippen LogP contribution in [0.5, 0.6) is 0 Å². The number of nitrogens with one attached hydrogen (secondary N) is 3. The van der Waals surface area contributed by atoms with Gasteiger partial charge in [-0.15, -0.1) is 0 Å². The molecule has 0 amide bonds. The summed E-state index contributed by atoms with van der Waals surface area (Å²) in [6, 6.07) is 6.04. The maximum atomic E-state index is 12.1. The van der Waals surface area contributed by atoms with Gasteiger partial charge in [0.05, 0.1) is 11.9 Å². The average Bonchev–Trinajstić information content (AvgIpc) is 3.04. The Balaban J connectivity index is 1.75. The van der Waals surface area contributed by atoms with Gasteiger partial charge in [0.15, 0.2) is 0 Å². The van der Waals surface area contributed by atoms with E-state index in [4.69, 9.17) is 0 Å². The minimum absolute atomic E-state index is 0.195. The molecule has 6 nitrogen and oxygen atoms in total. The van der Waals surface area contributed by atoms with Crippen molar-refractivity contribution in [2.45, 2.75) is 31.5 Å². The number of nitrogens with zero attached hydrogens (tertiary/aromatic N) is 1. The maximum absolute atomic E-state index is 12.1. The van der Waals surface area contributed by atoms with Crippen molar-refractivity contribution in [1.82, 2.24) is 20.2 Å². The number of H-pyrrole nitrogens is 1. The van der Waals surface area contributed by atoms with Crippen LogP contribution in [0.4, 0.5) is 0 Å². The van der Waals surface area contributed by atoms with Crippen LogP contribution in [0.3, 0.4) is 0 Å². The van der Waals surface area contributed by atoms with E-state index in [9.17, 15) is 8.42 Å². The van der Waals surface area contributed by atoms with E-state index < -0.39 is 10.0 Å². The molecule has 0 radical (unpaired) electrons. The summed E-state index contributed by atoms with van der Waals surface area (Å²) in [7, 11) is -3.52. The molecule has 0 spiro atoms. The van der Waals surface area contributed by atoms with Crippen LogP contribution in [0.15, 0.2) is 29.3 Å². The standard InChI is InChI=1S/C13H16N4O2S/c1-9-13(8-15-17-9)20(18,19)16-5-10-2-3-11-6-14-7-12(11)4-10/h2-4,8,14,16H,5-7H2,1H3,(H,15,17). The van der Waals surface area contributed by atoms with Gasteiger partial charge in [-0.25, -0.2) is 13.1 Å². The average molecular weight is 292 g/mol. The Hall–Kier alpha value is -1.70. The van der Waals surface area contributed by atoms with Crippen LogP contribution in [-0.4, -0.2) is 18.6 Å². The number of aromatic nitrogens is 2. The van der Waals surface area contributed by atoms with Crippen LogP contribution in [-0.2, 0) is 29.7 Å². The molecule has 0 saturated carbocycles. The predicted molar refractivity (Wildman–Crippen MR) is 74.3 cm³/mol. The number of rotatable bonds is 4. The van der Waals surface area contributed by atoms with Gasteiger partial charge in [-0.1, -0.05) is 18.2 Å². The normalized spacial score (nSPS) is 14.4. The lowest BCUT2D eigenvalue weighted by atomic mass is 10.1. The molecule has 0 atom stereocenters. The van der Waals surface area contributed by atoms with Crippen molar-refractivity contribution in [3.8, 4) is 0 Å². The number of aromatic amines is 1. The smallest absolute Gasteiger partial charge is 0.244 e. The number of fused-ring (bicyclic) bond motifs is 1. The van der Waals surface area contributed by atoms with E-state index in [1.165, 1.54) is 17.3 Å². The van der Waals surface area contributed by atoms with Crippen LogP contribution in [0.25, 0.3) is 0 Å². The number of aryl methyl sites for hydroxylation is 1. The zero-order valence-electron chi connectivity index (χ0n) is 11.1. The zero-order chi connectivity index (χ0) is 14.2. The lowest BCUT2D eigenvalue weighted by molar-refractivity contribution is 0.580. The predicted octanol–water partition coefficient (Wildman–Crippen LogP) is 0.800. The first-order valence-electron chi connectivity index (χ1n) is 6.37. The van der Waals surface area contributed by atoms with Crippen molar-refractivity contribution in [1.29, 1.82) is 0 Å². The minimum atomic E-state index is -3.52. The van der Waals surface area contributed by atoms with Gasteiger partial charge in [-0.2, -0.15) is 5.10 Å². The third-order valence-electron chi connectivity index (χ3n) is 3.44. The molecule has 1 aromatic carbocycles. The largest absolute Gasteiger partial charge is 0.309 e. The molecule has 0 bridgehead atoms. The van der Waals surface area contributed by atoms with E-state index in [-0.39, 0.29) is 11.4 Å². The maximum Gasteiger partial charge on any atom is 0.244 e. The fourth-order valence-electron chi connectivity index (χ4n) is 2.32. The van der Waals surface area contributed by atoms with Crippen molar-refractivity contribution < 1.29 is 8.42 Å². The lowest BCUT2D eigenvalue weighted by Crippen LogP contribution is -2.23. The van der Waals surface area contributed by atoms with Crippen molar-refractivity contribution in [2.24, 2.45) is 0 Å². The van der Waals surface area contributed by atoms with Gasteiger partial charge < -0.3 is 5.32 Å². The topological polar surface area (TPSA) is 86.9 Å². The molecule has 0 aliphatic carbocycles. The SMILES string of the molecule is Cc1[nH]ncc1S(=O)(=O)NCc1ccc2c(c1)CNC2. The summed E-state index contributed by atoms with van der Waals surface area (Å²) >= 11 is 0. The Labute approximate surface area is 117 Å². The molecule has 0 unspecified atom stereocenters. The fraction of sp³-hybridized carbons (Fsp3) is 0.308. The Bertz CT molecular complexity index is 737. The summed E-state index contributed by atoms with van der Waals surface area (Å²) in [4.78, 5) is 0.195. The first-order valence-corrected chi connectivity index (χ1v) is 7.85. The van der Waals surface area contributed by atoms with Gasteiger partial charge >= 0.3 is 0 Å². The highest BCUT2D eigenvalue weighted by molar-refractivity contribution is 7.89. The highest BCUT2D eigenvalue weighted by Crippen LogP contribution is 2.18. The highest BCUT2D eigenvalue weighted by atomic mass is 32.2. The molecule has 1 aliphatic rings. The zero-order valence-corrected chi connectivity index (χ0v) is 11.9. The van der Waals surface area contributed by atoms with Gasteiger partial charge in [0, 0.05) is 19.6 Å². The van der Waals surface area contributed by atoms with E-state index in [0.717, 1.165) is 18.7 Å². The van der Waals surface area contributed by atoms with Gasteiger partial charge in [-0.3, -0.25) is 5.10 Å². The summed E-state index contributed by atoms with van der Waals surface area (Å²) in [5, 5.41) is 9.63. The second-order valence-corrected chi connectivity index (χ2v) is 6.63. The van der Waals surface area contributed by atoms with Crippen molar-refractivity contribution in [2.75, 3.05) is 0 Å². The molecule has 1 aliphatic heterocycles. The van der Waals surface area contributed by atoms with E-state index in [0.29, 0.717) is 5.69 Å². The van der Waals surface area contributed by atoms with Crippen molar-refractivity contribution in [3.63, 3.8) is 0 Å². The van der Waals surface area contributed by atoms with Gasteiger partial charge in [0.2, 0.25) is 10.0 Å². The quantitative estimate of drug-likeness (QED) is 0.778. The molecule has 20 heavy (non-hydrogen) atoms. The summed E-state index contributed by atoms with van der Waals surface area (Å²) < 4.78 is 26.9. The van der Waals surface area contributed by atoms with E-state index in [1.807, 2.05) is 18.2 Å². The number of benzene rings is 1. The molecule has 106 valence electrons. The van der Waals surface area contributed by atoms with Crippen LogP contribution < -0.4 is 10.0 Å². The monoisotopic (exact) mass is 292 g/mol. The molecule has 0 fully saturated rings. The van der Waals surface area contributed by atoms with Crippen LogP contribution in [0.2, 0.25) is 0 Å². The molecular weight excluding hydrogens is 276 g/mol. The lowest BCUT2D eigenvalue weighted by Gasteiger charge is -2.07. The summed E-state index contributed by atoms with van der Waals surface area (Å²) in [6.45, 7) is 3.69. The Morgan fingerprint density at radius 3 is 2.85 bits per heavy atom. The Morgan fingerprint density at radius 2 is 2.10 bits per heavy atom. The van der Waals surface area contributed by atoms with Gasteiger partial charge in [0.25, 0.3) is 0 Å².